The predicted molar refractivity (Wildman–Crippen MR) is 55.0 cm³/mol. The van der Waals surface area contributed by atoms with Gasteiger partial charge in [-0.3, -0.25) is 4.68 Å². The van der Waals surface area contributed by atoms with Crippen LogP contribution in [0.5, 0.6) is 0 Å². The van der Waals surface area contributed by atoms with Gasteiger partial charge < -0.3 is 4.98 Å². The molecule has 2 aromatic heterocycles. The summed E-state index contributed by atoms with van der Waals surface area (Å²) in [6.07, 6.45) is 1.83. The highest BCUT2D eigenvalue weighted by molar-refractivity contribution is 5.61. The average Bonchev–Trinajstić information content (AvgIpc) is 2.60. The van der Waals surface area contributed by atoms with Crippen LogP contribution in [-0.4, -0.2) is 19.7 Å². The van der Waals surface area contributed by atoms with Gasteiger partial charge in [0.25, 0.3) is 0 Å². The summed E-state index contributed by atoms with van der Waals surface area (Å²) in [5, 5.41) is 4.35. The van der Waals surface area contributed by atoms with E-state index in [2.05, 4.69) is 15.1 Å². The summed E-state index contributed by atoms with van der Waals surface area (Å²) in [6.45, 7) is 6.05. The molecule has 0 aliphatic heterocycles. The molecule has 0 atom stereocenters. The molecular formula is C10H14N4. The fraction of sp³-hybridized carbons (Fsp3) is 0.400. The van der Waals surface area contributed by atoms with E-state index in [-0.39, 0.29) is 0 Å². The minimum absolute atomic E-state index is 0.908. The van der Waals surface area contributed by atoms with E-state index < -0.39 is 0 Å². The Bertz CT molecular complexity index is 464. The number of H-pyrrole nitrogens is 1. The summed E-state index contributed by atoms with van der Waals surface area (Å²) in [5.74, 6) is 0.908. The quantitative estimate of drug-likeness (QED) is 0.744. The Morgan fingerprint density at radius 1 is 1.29 bits per heavy atom. The van der Waals surface area contributed by atoms with Crippen LogP contribution < -0.4 is 0 Å². The number of imidazole rings is 1. The molecule has 0 fully saturated rings. The Hall–Kier alpha value is -1.58. The van der Waals surface area contributed by atoms with Crippen LogP contribution in [0.4, 0.5) is 0 Å². The van der Waals surface area contributed by atoms with Gasteiger partial charge in [0.1, 0.15) is 5.82 Å². The average molecular weight is 190 g/mol. The number of aromatic nitrogens is 4. The molecule has 1 N–H and O–H groups in total. The van der Waals surface area contributed by atoms with Crippen LogP contribution in [0.2, 0.25) is 0 Å². The number of hydrogen-bond donors (Lipinski definition) is 1. The number of nitrogens with zero attached hydrogens (tertiary/aromatic N) is 3. The smallest absolute Gasteiger partial charge is 0.141 e. The third kappa shape index (κ3) is 1.23. The number of hydrogen-bond acceptors (Lipinski definition) is 2. The van der Waals surface area contributed by atoms with Gasteiger partial charge in [0.2, 0.25) is 0 Å². The lowest BCUT2D eigenvalue weighted by Crippen LogP contribution is -1.92. The fourth-order valence-electron chi connectivity index (χ4n) is 1.66. The molecule has 0 amide bonds. The van der Waals surface area contributed by atoms with Crippen LogP contribution >= 0.6 is 0 Å². The molecule has 14 heavy (non-hydrogen) atoms. The molecular weight excluding hydrogens is 176 g/mol. The lowest BCUT2D eigenvalue weighted by Gasteiger charge is -1.96. The van der Waals surface area contributed by atoms with Gasteiger partial charge in [-0.05, 0) is 20.8 Å². The summed E-state index contributed by atoms with van der Waals surface area (Å²) in [5.41, 5.74) is 4.33. The number of nitrogens with one attached hydrogen (secondary N) is 1. The number of rotatable bonds is 1. The number of aryl methyl sites for hydroxylation is 3. The van der Waals surface area contributed by atoms with Crippen molar-refractivity contribution in [3.63, 3.8) is 0 Å². The lowest BCUT2D eigenvalue weighted by molar-refractivity contribution is 0.731. The van der Waals surface area contributed by atoms with Crippen molar-refractivity contribution >= 4 is 0 Å². The lowest BCUT2D eigenvalue weighted by atomic mass is 10.2. The Labute approximate surface area is 83.0 Å². The van der Waals surface area contributed by atoms with E-state index in [9.17, 15) is 0 Å². The van der Waals surface area contributed by atoms with E-state index in [4.69, 9.17) is 0 Å². The molecule has 0 aromatic carbocycles. The van der Waals surface area contributed by atoms with Crippen molar-refractivity contribution in [2.24, 2.45) is 7.05 Å². The molecule has 0 aliphatic rings. The van der Waals surface area contributed by atoms with Gasteiger partial charge in [-0.25, -0.2) is 4.98 Å². The van der Waals surface area contributed by atoms with Gasteiger partial charge in [0, 0.05) is 24.6 Å². The van der Waals surface area contributed by atoms with Crippen molar-refractivity contribution in [2.45, 2.75) is 20.8 Å². The maximum atomic E-state index is 4.35. The minimum atomic E-state index is 0.908. The summed E-state index contributed by atoms with van der Waals surface area (Å²) in [7, 11) is 1.95. The standard InChI is InChI=1S/C10H14N4/c1-6-5-11-10(12-6)9-7(2)13-14(4)8(9)3/h5H,1-4H3,(H,11,12). The van der Waals surface area contributed by atoms with Crippen LogP contribution in [0.25, 0.3) is 11.4 Å². The van der Waals surface area contributed by atoms with Gasteiger partial charge in [0.15, 0.2) is 0 Å². The molecule has 2 rings (SSSR count). The Morgan fingerprint density at radius 2 is 2.00 bits per heavy atom. The molecule has 0 aliphatic carbocycles. The van der Waals surface area contributed by atoms with E-state index in [1.54, 1.807) is 0 Å². The number of aromatic amines is 1. The molecule has 0 radical (unpaired) electrons. The van der Waals surface area contributed by atoms with Crippen LogP contribution in [-0.2, 0) is 7.05 Å². The minimum Gasteiger partial charge on any atom is -0.342 e. The van der Waals surface area contributed by atoms with E-state index in [1.807, 2.05) is 38.7 Å². The highest BCUT2D eigenvalue weighted by Gasteiger charge is 2.13. The van der Waals surface area contributed by atoms with E-state index in [1.165, 1.54) is 0 Å². The summed E-state index contributed by atoms with van der Waals surface area (Å²) in [4.78, 5) is 7.53. The van der Waals surface area contributed by atoms with Crippen LogP contribution in [0.3, 0.4) is 0 Å². The van der Waals surface area contributed by atoms with Crippen molar-refractivity contribution in [2.75, 3.05) is 0 Å². The molecule has 4 nitrogen and oxygen atoms in total. The third-order valence-electron chi connectivity index (χ3n) is 2.45. The Balaban J connectivity index is 2.61. The van der Waals surface area contributed by atoms with E-state index in [0.717, 1.165) is 28.5 Å². The molecule has 74 valence electrons. The highest BCUT2D eigenvalue weighted by Crippen LogP contribution is 2.23. The van der Waals surface area contributed by atoms with E-state index in [0.29, 0.717) is 0 Å². The molecule has 0 unspecified atom stereocenters. The normalized spacial score (nSPS) is 10.9. The van der Waals surface area contributed by atoms with Crippen molar-refractivity contribution in [1.82, 2.24) is 19.7 Å². The SMILES string of the molecule is Cc1cnc(-c2c(C)nn(C)c2C)[nH]1. The fourth-order valence-corrected chi connectivity index (χ4v) is 1.66. The third-order valence-corrected chi connectivity index (χ3v) is 2.45. The van der Waals surface area contributed by atoms with E-state index >= 15 is 0 Å². The Kier molecular flexibility index (Phi) is 1.91. The second-order valence-electron chi connectivity index (χ2n) is 3.58. The first-order chi connectivity index (χ1) is 6.59. The molecule has 0 saturated heterocycles. The zero-order chi connectivity index (χ0) is 10.3. The van der Waals surface area contributed by atoms with Crippen molar-refractivity contribution in [3.8, 4) is 11.4 Å². The largest absolute Gasteiger partial charge is 0.342 e. The van der Waals surface area contributed by atoms with Gasteiger partial charge in [0.05, 0.1) is 11.3 Å². The van der Waals surface area contributed by atoms with Crippen LogP contribution in [0, 0.1) is 20.8 Å². The Morgan fingerprint density at radius 3 is 2.43 bits per heavy atom. The summed E-state index contributed by atoms with van der Waals surface area (Å²) in [6, 6.07) is 0. The van der Waals surface area contributed by atoms with Crippen molar-refractivity contribution in [3.05, 3.63) is 23.3 Å². The first-order valence-corrected chi connectivity index (χ1v) is 4.61. The van der Waals surface area contributed by atoms with Crippen LogP contribution in [0.1, 0.15) is 17.1 Å². The van der Waals surface area contributed by atoms with Gasteiger partial charge >= 0.3 is 0 Å². The first-order valence-electron chi connectivity index (χ1n) is 4.61. The van der Waals surface area contributed by atoms with Crippen molar-refractivity contribution < 1.29 is 0 Å². The zero-order valence-corrected chi connectivity index (χ0v) is 8.92. The first kappa shape index (κ1) is 8.99. The van der Waals surface area contributed by atoms with Crippen LogP contribution in [0.15, 0.2) is 6.20 Å². The van der Waals surface area contributed by atoms with Crippen molar-refractivity contribution in [1.29, 1.82) is 0 Å². The predicted octanol–water partition coefficient (Wildman–Crippen LogP) is 1.74. The monoisotopic (exact) mass is 190 g/mol. The maximum Gasteiger partial charge on any atom is 0.141 e. The second-order valence-corrected chi connectivity index (χ2v) is 3.58. The summed E-state index contributed by atoms with van der Waals surface area (Å²) >= 11 is 0. The van der Waals surface area contributed by atoms with Gasteiger partial charge in [-0.1, -0.05) is 0 Å². The molecule has 2 heterocycles. The molecule has 0 saturated carbocycles. The molecule has 0 bridgehead atoms. The molecule has 0 spiro atoms. The maximum absolute atomic E-state index is 4.35. The molecule has 4 heteroatoms. The zero-order valence-electron chi connectivity index (χ0n) is 8.92. The van der Waals surface area contributed by atoms with Gasteiger partial charge in [-0.2, -0.15) is 5.10 Å². The molecule has 2 aromatic rings. The topological polar surface area (TPSA) is 46.5 Å². The summed E-state index contributed by atoms with van der Waals surface area (Å²) < 4.78 is 1.88. The highest BCUT2D eigenvalue weighted by atomic mass is 15.3. The second kappa shape index (κ2) is 2.97. The van der Waals surface area contributed by atoms with Gasteiger partial charge in [-0.15, -0.1) is 0 Å².